The molecule has 0 aliphatic carbocycles. The van der Waals surface area contributed by atoms with Crippen molar-refractivity contribution in [2.45, 2.75) is 31.8 Å². The third kappa shape index (κ3) is 3.32. The molecule has 1 aromatic carbocycles. The van der Waals surface area contributed by atoms with E-state index in [0.717, 1.165) is 31.4 Å². The molecule has 6 heteroatoms. The monoisotopic (exact) mass is 317 g/mol. The van der Waals surface area contributed by atoms with Gasteiger partial charge in [0.1, 0.15) is 0 Å². The summed E-state index contributed by atoms with van der Waals surface area (Å²) in [6, 6.07) is 7.59. The summed E-state index contributed by atoms with van der Waals surface area (Å²) in [5.41, 5.74) is 1.31. The Bertz CT molecular complexity index is 741. The molecule has 2 aromatic rings. The Morgan fingerprint density at radius 3 is 2.74 bits per heavy atom. The molecular formula is C17H23N3O3. The zero-order valence-corrected chi connectivity index (χ0v) is 13.7. The van der Waals surface area contributed by atoms with Crippen LogP contribution < -0.4 is 5.76 Å². The number of oxazole rings is 1. The molecule has 0 atom stereocenters. The van der Waals surface area contributed by atoms with Gasteiger partial charge in [0.25, 0.3) is 0 Å². The Hall–Kier alpha value is -2.08. The minimum atomic E-state index is -0.402. The van der Waals surface area contributed by atoms with Crippen LogP contribution in [-0.2, 0) is 11.3 Å². The van der Waals surface area contributed by atoms with Crippen molar-refractivity contribution in [2.75, 3.05) is 27.2 Å². The highest BCUT2D eigenvalue weighted by atomic mass is 16.4. The van der Waals surface area contributed by atoms with Crippen LogP contribution in [0, 0.1) is 0 Å². The summed E-state index contributed by atoms with van der Waals surface area (Å²) in [5.74, 6) is -0.322. The topological polar surface area (TPSA) is 58.7 Å². The fraction of sp³-hybridized carbons (Fsp3) is 0.529. The Balaban J connectivity index is 1.64. The van der Waals surface area contributed by atoms with Gasteiger partial charge in [-0.2, -0.15) is 0 Å². The zero-order valence-electron chi connectivity index (χ0n) is 13.7. The van der Waals surface area contributed by atoms with E-state index < -0.39 is 5.76 Å². The highest BCUT2D eigenvalue weighted by Gasteiger charge is 2.24. The molecule has 1 aliphatic rings. The predicted molar refractivity (Wildman–Crippen MR) is 88.4 cm³/mol. The maximum Gasteiger partial charge on any atom is 0.419 e. The lowest BCUT2D eigenvalue weighted by Gasteiger charge is -2.35. The first kappa shape index (κ1) is 15.8. The number of aryl methyl sites for hydroxylation is 1. The largest absolute Gasteiger partial charge is 0.419 e. The summed E-state index contributed by atoms with van der Waals surface area (Å²) in [5, 5.41) is 0. The molecule has 1 saturated heterocycles. The van der Waals surface area contributed by atoms with Crippen LogP contribution in [0.5, 0.6) is 0 Å². The first-order valence-corrected chi connectivity index (χ1v) is 8.09. The van der Waals surface area contributed by atoms with E-state index in [2.05, 4.69) is 11.9 Å². The second-order valence-electron chi connectivity index (χ2n) is 6.28. The van der Waals surface area contributed by atoms with E-state index in [4.69, 9.17) is 4.42 Å². The van der Waals surface area contributed by atoms with E-state index in [9.17, 15) is 9.59 Å². The summed E-state index contributed by atoms with van der Waals surface area (Å²) < 4.78 is 6.73. The summed E-state index contributed by atoms with van der Waals surface area (Å²) in [4.78, 5) is 28.5. The van der Waals surface area contributed by atoms with Gasteiger partial charge in [0, 0.05) is 26.1 Å². The number of benzene rings is 1. The summed E-state index contributed by atoms with van der Waals surface area (Å²) in [6.45, 7) is 2.40. The van der Waals surface area contributed by atoms with Crippen molar-refractivity contribution in [1.82, 2.24) is 14.4 Å². The van der Waals surface area contributed by atoms with E-state index >= 15 is 0 Å². The Kier molecular flexibility index (Phi) is 4.52. The van der Waals surface area contributed by atoms with Gasteiger partial charge in [0.15, 0.2) is 5.58 Å². The molecule has 1 amide bonds. The maximum atomic E-state index is 12.4. The predicted octanol–water partition coefficient (Wildman–Crippen LogP) is 1.54. The van der Waals surface area contributed by atoms with Crippen LogP contribution in [0.2, 0.25) is 0 Å². The van der Waals surface area contributed by atoms with Gasteiger partial charge in [0.2, 0.25) is 5.91 Å². The number of hydrogen-bond donors (Lipinski definition) is 0. The second-order valence-corrected chi connectivity index (χ2v) is 6.28. The highest BCUT2D eigenvalue weighted by Crippen LogP contribution is 2.16. The molecule has 1 fully saturated rings. The molecule has 0 unspecified atom stereocenters. The number of aromatic nitrogens is 1. The molecule has 1 aromatic heterocycles. The van der Waals surface area contributed by atoms with E-state index in [-0.39, 0.29) is 5.91 Å². The van der Waals surface area contributed by atoms with Crippen LogP contribution in [0.25, 0.3) is 11.1 Å². The van der Waals surface area contributed by atoms with Crippen LogP contribution in [-0.4, -0.2) is 53.5 Å². The molecule has 0 bridgehead atoms. The molecule has 0 saturated carbocycles. The number of amides is 1. The van der Waals surface area contributed by atoms with Crippen molar-refractivity contribution in [1.29, 1.82) is 0 Å². The Morgan fingerprint density at radius 1 is 1.30 bits per heavy atom. The van der Waals surface area contributed by atoms with Gasteiger partial charge in [-0.3, -0.25) is 9.36 Å². The smallest absolute Gasteiger partial charge is 0.408 e. The van der Waals surface area contributed by atoms with Crippen LogP contribution in [0.4, 0.5) is 0 Å². The fourth-order valence-corrected chi connectivity index (χ4v) is 3.20. The number of likely N-dealkylation sites (tertiary alicyclic amines) is 1. The normalized spacial score (nSPS) is 16.8. The maximum absolute atomic E-state index is 12.4. The minimum Gasteiger partial charge on any atom is -0.408 e. The number of rotatable bonds is 4. The van der Waals surface area contributed by atoms with Crippen LogP contribution >= 0.6 is 0 Å². The highest BCUT2D eigenvalue weighted by molar-refractivity contribution is 5.77. The number of carbonyl (C=O) groups excluding carboxylic acids is 1. The van der Waals surface area contributed by atoms with Crippen molar-refractivity contribution < 1.29 is 9.21 Å². The number of hydrogen-bond acceptors (Lipinski definition) is 4. The third-order valence-electron chi connectivity index (χ3n) is 4.75. The van der Waals surface area contributed by atoms with Gasteiger partial charge in [-0.1, -0.05) is 12.1 Å². The molecule has 0 N–H and O–H groups in total. The van der Waals surface area contributed by atoms with Crippen LogP contribution in [0.15, 0.2) is 33.5 Å². The third-order valence-corrected chi connectivity index (χ3v) is 4.75. The quantitative estimate of drug-likeness (QED) is 0.858. The molecule has 1 aliphatic heterocycles. The Labute approximate surface area is 135 Å². The minimum absolute atomic E-state index is 0.0803. The standard InChI is InChI=1S/C17H23N3O3/c1-18-10-7-13(8-11-18)19(2)16(21)9-12-20-14-5-3-4-6-15(14)23-17(20)22/h3-6,13H,7-12H2,1-2H3. The van der Waals surface area contributed by atoms with Gasteiger partial charge < -0.3 is 14.2 Å². The van der Waals surface area contributed by atoms with Crippen LogP contribution in [0.1, 0.15) is 19.3 Å². The van der Waals surface area contributed by atoms with Crippen molar-refractivity contribution in [3.63, 3.8) is 0 Å². The summed E-state index contributed by atoms with van der Waals surface area (Å²) >= 11 is 0. The number of fused-ring (bicyclic) bond motifs is 1. The molecule has 2 heterocycles. The molecule has 6 nitrogen and oxygen atoms in total. The second kappa shape index (κ2) is 6.58. The number of piperidine rings is 1. The molecular weight excluding hydrogens is 294 g/mol. The SMILES string of the molecule is CN1CCC(N(C)C(=O)CCn2c(=O)oc3ccccc32)CC1. The Morgan fingerprint density at radius 2 is 2.00 bits per heavy atom. The van der Waals surface area contributed by atoms with E-state index in [1.165, 1.54) is 4.57 Å². The first-order valence-electron chi connectivity index (χ1n) is 8.09. The molecule has 0 spiro atoms. The van der Waals surface area contributed by atoms with Crippen molar-refractivity contribution in [3.05, 3.63) is 34.8 Å². The van der Waals surface area contributed by atoms with Gasteiger partial charge >= 0.3 is 5.76 Å². The summed E-state index contributed by atoms with van der Waals surface area (Å²) in [7, 11) is 3.98. The van der Waals surface area contributed by atoms with Crippen molar-refractivity contribution in [2.24, 2.45) is 0 Å². The van der Waals surface area contributed by atoms with E-state index in [1.54, 1.807) is 6.07 Å². The first-order chi connectivity index (χ1) is 11.1. The van der Waals surface area contributed by atoms with Gasteiger partial charge in [-0.05, 0) is 45.1 Å². The fourth-order valence-electron chi connectivity index (χ4n) is 3.20. The average Bonchev–Trinajstić information content (AvgIpc) is 2.88. The van der Waals surface area contributed by atoms with Crippen molar-refractivity contribution >= 4 is 17.0 Å². The van der Waals surface area contributed by atoms with E-state index in [0.29, 0.717) is 24.6 Å². The average molecular weight is 317 g/mol. The number of carbonyl (C=O) groups is 1. The van der Waals surface area contributed by atoms with E-state index in [1.807, 2.05) is 30.1 Å². The van der Waals surface area contributed by atoms with Gasteiger partial charge in [-0.25, -0.2) is 4.79 Å². The molecule has 23 heavy (non-hydrogen) atoms. The molecule has 124 valence electrons. The molecule has 0 radical (unpaired) electrons. The number of para-hydroxylation sites is 2. The number of nitrogens with zero attached hydrogens (tertiary/aromatic N) is 3. The molecule has 3 rings (SSSR count). The van der Waals surface area contributed by atoms with Gasteiger partial charge in [-0.15, -0.1) is 0 Å². The lowest BCUT2D eigenvalue weighted by atomic mass is 10.0. The summed E-state index contributed by atoms with van der Waals surface area (Å²) in [6.07, 6.45) is 2.33. The van der Waals surface area contributed by atoms with Crippen LogP contribution in [0.3, 0.4) is 0 Å². The lowest BCUT2D eigenvalue weighted by molar-refractivity contribution is -0.133. The van der Waals surface area contributed by atoms with Gasteiger partial charge in [0.05, 0.1) is 5.52 Å². The van der Waals surface area contributed by atoms with Crippen molar-refractivity contribution in [3.8, 4) is 0 Å². The zero-order chi connectivity index (χ0) is 16.4. The lowest BCUT2D eigenvalue weighted by Crippen LogP contribution is -2.44.